The van der Waals surface area contributed by atoms with Crippen molar-refractivity contribution in [3.63, 3.8) is 0 Å². The van der Waals surface area contributed by atoms with Crippen molar-refractivity contribution in [2.45, 2.75) is 11.7 Å². The maximum absolute atomic E-state index is 14.9. The van der Waals surface area contributed by atoms with Gasteiger partial charge < -0.3 is 9.47 Å². The van der Waals surface area contributed by atoms with E-state index < -0.39 is 52.7 Å². The normalized spacial score (nSPS) is 24.3. The summed E-state index contributed by atoms with van der Waals surface area (Å²) in [5.74, 6) is -5.61. The van der Waals surface area contributed by atoms with Crippen LogP contribution in [0.4, 0.5) is 10.1 Å². The number of rotatable bonds is 3. The first kappa shape index (κ1) is 21.4. The topological polar surface area (TPSA) is 90.0 Å². The predicted octanol–water partition coefficient (Wildman–Crippen LogP) is 3.53. The van der Waals surface area contributed by atoms with Crippen LogP contribution in [0.15, 0.2) is 72.8 Å². The Labute approximate surface area is 199 Å². The van der Waals surface area contributed by atoms with E-state index in [-0.39, 0.29) is 22.4 Å². The van der Waals surface area contributed by atoms with Crippen molar-refractivity contribution in [3.8, 4) is 5.75 Å². The Bertz CT molecular complexity index is 1400. The molecule has 2 amide bonds. The van der Waals surface area contributed by atoms with Gasteiger partial charge in [-0.05, 0) is 30.3 Å². The molecule has 3 aliphatic rings. The van der Waals surface area contributed by atoms with E-state index in [2.05, 4.69) is 0 Å². The molecule has 2 saturated heterocycles. The summed E-state index contributed by atoms with van der Waals surface area (Å²) in [7, 11) is 1.49. The van der Waals surface area contributed by atoms with E-state index in [4.69, 9.17) is 9.47 Å². The van der Waals surface area contributed by atoms with Crippen molar-refractivity contribution in [2.24, 2.45) is 11.8 Å². The third-order valence-corrected chi connectivity index (χ3v) is 7.06. The molecule has 2 fully saturated rings. The fourth-order valence-corrected chi connectivity index (χ4v) is 5.49. The molecular formula is C27H18FNO6. The van der Waals surface area contributed by atoms with Crippen LogP contribution in [0.25, 0.3) is 0 Å². The number of carbonyl (C=O) groups is 4. The first-order valence-corrected chi connectivity index (χ1v) is 11.0. The number of amides is 2. The standard InChI is InChI=1S/C27H18FNO6/c1-34-15-12-10-14(11-13-15)29-25(32)20-21(26(29)33)27(35-22(20)18-8-4-5-9-19(18)28)23(30)16-6-2-3-7-17(16)24(27)31/h2-13,20-22H,1H3/t20-,21+,22-/m1/s1. The number of hydrogen-bond acceptors (Lipinski definition) is 6. The molecule has 8 heteroatoms. The molecule has 1 spiro atoms. The van der Waals surface area contributed by atoms with Crippen molar-refractivity contribution in [1.29, 1.82) is 0 Å². The fourth-order valence-electron chi connectivity index (χ4n) is 5.49. The fraction of sp³-hybridized carbons (Fsp3) is 0.185. The minimum Gasteiger partial charge on any atom is -0.497 e. The highest BCUT2D eigenvalue weighted by atomic mass is 19.1. The Balaban J connectivity index is 1.54. The molecule has 0 bridgehead atoms. The van der Waals surface area contributed by atoms with Crippen LogP contribution < -0.4 is 9.64 Å². The summed E-state index contributed by atoms with van der Waals surface area (Å²) in [6.07, 6.45) is -1.30. The van der Waals surface area contributed by atoms with Crippen LogP contribution in [0.1, 0.15) is 32.4 Å². The summed E-state index contributed by atoms with van der Waals surface area (Å²) in [5.41, 5.74) is -1.74. The van der Waals surface area contributed by atoms with Crippen molar-refractivity contribution in [2.75, 3.05) is 12.0 Å². The van der Waals surface area contributed by atoms with Gasteiger partial charge in [0.2, 0.25) is 29.0 Å². The number of halogens is 1. The van der Waals surface area contributed by atoms with E-state index in [0.29, 0.717) is 5.75 Å². The highest BCUT2D eigenvalue weighted by Crippen LogP contribution is 2.58. The van der Waals surface area contributed by atoms with Gasteiger partial charge in [-0.1, -0.05) is 42.5 Å². The van der Waals surface area contributed by atoms with E-state index in [0.717, 1.165) is 4.90 Å². The summed E-state index contributed by atoms with van der Waals surface area (Å²) in [6.45, 7) is 0. The minimum absolute atomic E-state index is 0.00802. The van der Waals surface area contributed by atoms with E-state index in [1.165, 1.54) is 49.6 Å². The average molecular weight is 471 g/mol. The van der Waals surface area contributed by atoms with Gasteiger partial charge in [0.25, 0.3) is 0 Å². The number of methoxy groups -OCH3 is 1. The molecule has 0 aromatic heterocycles. The number of hydrogen-bond donors (Lipinski definition) is 0. The zero-order chi connectivity index (χ0) is 24.5. The quantitative estimate of drug-likeness (QED) is 0.429. The second kappa shape index (κ2) is 7.41. The summed E-state index contributed by atoms with van der Waals surface area (Å²) in [6, 6.07) is 18.1. The lowest BCUT2D eigenvalue weighted by molar-refractivity contribution is -0.127. The molecule has 174 valence electrons. The zero-order valence-electron chi connectivity index (χ0n) is 18.4. The second-order valence-corrected chi connectivity index (χ2v) is 8.71. The number of carbonyl (C=O) groups excluding carboxylic acids is 4. The molecule has 0 saturated carbocycles. The van der Waals surface area contributed by atoms with E-state index in [1.54, 1.807) is 30.3 Å². The van der Waals surface area contributed by atoms with Crippen molar-refractivity contribution in [1.82, 2.24) is 0 Å². The first-order chi connectivity index (χ1) is 16.9. The average Bonchev–Trinajstić information content (AvgIpc) is 3.44. The van der Waals surface area contributed by atoms with E-state index in [1.807, 2.05) is 0 Å². The van der Waals surface area contributed by atoms with Crippen molar-refractivity contribution < 1.29 is 33.0 Å². The lowest BCUT2D eigenvalue weighted by Gasteiger charge is -2.27. The lowest BCUT2D eigenvalue weighted by atomic mass is 9.77. The van der Waals surface area contributed by atoms with Gasteiger partial charge in [-0.15, -0.1) is 0 Å². The molecule has 3 atom stereocenters. The van der Waals surface area contributed by atoms with Gasteiger partial charge in [-0.25, -0.2) is 9.29 Å². The van der Waals surface area contributed by atoms with Gasteiger partial charge in [0, 0.05) is 16.7 Å². The SMILES string of the molecule is COc1ccc(N2C(=O)[C@H]3[C@@H](c4ccccc4F)OC4(C(=O)c5ccccc5C4=O)[C@@H]3C2=O)cc1. The molecule has 0 N–H and O–H groups in total. The Morgan fingerprint density at radius 2 is 1.43 bits per heavy atom. The number of nitrogens with zero attached hydrogens (tertiary/aromatic N) is 1. The molecule has 2 heterocycles. The number of fused-ring (bicyclic) bond motifs is 3. The molecule has 3 aromatic carbocycles. The predicted molar refractivity (Wildman–Crippen MR) is 121 cm³/mol. The number of anilines is 1. The van der Waals surface area contributed by atoms with Gasteiger partial charge >= 0.3 is 0 Å². The van der Waals surface area contributed by atoms with Gasteiger partial charge in [0.15, 0.2) is 0 Å². The van der Waals surface area contributed by atoms with Gasteiger partial charge in [-0.3, -0.25) is 19.2 Å². The Morgan fingerprint density at radius 3 is 2.03 bits per heavy atom. The van der Waals surface area contributed by atoms with Crippen LogP contribution in [-0.4, -0.2) is 36.1 Å². The number of ether oxygens (including phenoxy) is 2. The lowest BCUT2D eigenvalue weighted by Crippen LogP contribution is -2.51. The molecule has 2 aliphatic heterocycles. The Hall–Kier alpha value is -4.17. The Morgan fingerprint density at radius 1 is 0.829 bits per heavy atom. The summed E-state index contributed by atoms with van der Waals surface area (Å²) < 4.78 is 26.1. The van der Waals surface area contributed by atoms with Gasteiger partial charge in [0.1, 0.15) is 11.6 Å². The zero-order valence-corrected chi connectivity index (χ0v) is 18.4. The molecule has 0 radical (unpaired) electrons. The van der Waals surface area contributed by atoms with Crippen LogP contribution in [-0.2, 0) is 14.3 Å². The highest BCUT2D eigenvalue weighted by molar-refractivity contribution is 6.37. The molecule has 6 rings (SSSR count). The first-order valence-electron chi connectivity index (χ1n) is 11.0. The third-order valence-electron chi connectivity index (χ3n) is 7.06. The van der Waals surface area contributed by atoms with Crippen LogP contribution in [0.3, 0.4) is 0 Å². The number of benzene rings is 3. The molecular weight excluding hydrogens is 453 g/mol. The summed E-state index contributed by atoms with van der Waals surface area (Å²) in [5, 5.41) is 0. The minimum atomic E-state index is -2.24. The molecule has 7 nitrogen and oxygen atoms in total. The van der Waals surface area contributed by atoms with Crippen LogP contribution >= 0.6 is 0 Å². The summed E-state index contributed by atoms with van der Waals surface area (Å²) >= 11 is 0. The number of imide groups is 1. The maximum atomic E-state index is 14.9. The van der Waals surface area contributed by atoms with Crippen molar-refractivity contribution >= 4 is 29.1 Å². The maximum Gasteiger partial charge on any atom is 0.241 e. The largest absolute Gasteiger partial charge is 0.497 e. The van der Waals surface area contributed by atoms with Crippen molar-refractivity contribution in [3.05, 3.63) is 95.3 Å². The monoisotopic (exact) mass is 471 g/mol. The van der Waals surface area contributed by atoms with Crippen LogP contribution in [0.2, 0.25) is 0 Å². The third kappa shape index (κ3) is 2.68. The van der Waals surface area contributed by atoms with Crippen LogP contribution in [0, 0.1) is 17.7 Å². The van der Waals surface area contributed by atoms with Gasteiger partial charge in [0.05, 0.1) is 30.7 Å². The summed E-state index contributed by atoms with van der Waals surface area (Å²) in [4.78, 5) is 55.8. The van der Waals surface area contributed by atoms with Crippen LogP contribution in [0.5, 0.6) is 5.75 Å². The Kier molecular flexibility index (Phi) is 4.53. The van der Waals surface area contributed by atoms with E-state index in [9.17, 15) is 23.6 Å². The molecule has 0 unspecified atom stereocenters. The number of Topliss-reactive ketones (excluding diaryl/α,β-unsaturated/α-hetero) is 2. The van der Waals surface area contributed by atoms with Gasteiger partial charge in [-0.2, -0.15) is 0 Å². The number of ketones is 2. The molecule has 1 aliphatic carbocycles. The molecule has 3 aromatic rings. The second-order valence-electron chi connectivity index (χ2n) is 8.71. The smallest absolute Gasteiger partial charge is 0.241 e. The molecule has 35 heavy (non-hydrogen) atoms. The van der Waals surface area contributed by atoms with E-state index >= 15 is 0 Å². The highest BCUT2D eigenvalue weighted by Gasteiger charge is 2.75.